The SMILES string of the molecule is CCCCC(=O)N1CCN(Cc2cccc(Cl)c2)CC1. The zero-order valence-corrected chi connectivity index (χ0v) is 12.9. The topological polar surface area (TPSA) is 23.6 Å². The summed E-state index contributed by atoms with van der Waals surface area (Å²) >= 11 is 6.00. The molecule has 1 heterocycles. The van der Waals surface area contributed by atoms with E-state index in [4.69, 9.17) is 11.6 Å². The lowest BCUT2D eigenvalue weighted by molar-refractivity contribution is -0.133. The van der Waals surface area contributed by atoms with Crippen LogP contribution in [0, 0.1) is 0 Å². The molecule has 3 nitrogen and oxygen atoms in total. The second-order valence-corrected chi connectivity index (χ2v) is 5.83. The lowest BCUT2D eigenvalue weighted by Crippen LogP contribution is -2.48. The van der Waals surface area contributed by atoms with Crippen LogP contribution in [-0.4, -0.2) is 41.9 Å². The minimum absolute atomic E-state index is 0.314. The van der Waals surface area contributed by atoms with Crippen LogP contribution in [0.2, 0.25) is 5.02 Å². The molecule has 1 fully saturated rings. The maximum atomic E-state index is 12.0. The lowest BCUT2D eigenvalue weighted by Gasteiger charge is -2.34. The molecule has 1 amide bonds. The van der Waals surface area contributed by atoms with Gasteiger partial charge in [-0.15, -0.1) is 0 Å². The summed E-state index contributed by atoms with van der Waals surface area (Å²) < 4.78 is 0. The van der Waals surface area contributed by atoms with Gasteiger partial charge in [-0.2, -0.15) is 0 Å². The summed E-state index contributed by atoms with van der Waals surface area (Å²) in [6.07, 6.45) is 2.78. The van der Waals surface area contributed by atoms with Gasteiger partial charge in [0.25, 0.3) is 0 Å². The predicted molar refractivity (Wildman–Crippen MR) is 82.8 cm³/mol. The summed E-state index contributed by atoms with van der Waals surface area (Å²) in [7, 11) is 0. The van der Waals surface area contributed by atoms with Crippen molar-refractivity contribution in [1.29, 1.82) is 0 Å². The van der Waals surface area contributed by atoms with E-state index in [-0.39, 0.29) is 0 Å². The highest BCUT2D eigenvalue weighted by Gasteiger charge is 2.20. The van der Waals surface area contributed by atoms with Crippen LogP contribution >= 0.6 is 11.6 Å². The molecule has 110 valence electrons. The molecule has 2 rings (SSSR count). The van der Waals surface area contributed by atoms with Crippen LogP contribution in [0.25, 0.3) is 0 Å². The van der Waals surface area contributed by atoms with Crippen LogP contribution in [0.5, 0.6) is 0 Å². The molecular weight excluding hydrogens is 272 g/mol. The Morgan fingerprint density at radius 1 is 1.25 bits per heavy atom. The molecule has 20 heavy (non-hydrogen) atoms. The molecule has 0 radical (unpaired) electrons. The molecule has 4 heteroatoms. The van der Waals surface area contributed by atoms with Gasteiger partial charge in [0.05, 0.1) is 0 Å². The van der Waals surface area contributed by atoms with E-state index in [0.29, 0.717) is 12.3 Å². The Bertz CT molecular complexity index is 442. The minimum Gasteiger partial charge on any atom is -0.340 e. The van der Waals surface area contributed by atoms with E-state index in [2.05, 4.69) is 17.9 Å². The number of halogens is 1. The summed E-state index contributed by atoms with van der Waals surface area (Å²) in [5.74, 6) is 0.314. The molecule has 0 saturated carbocycles. The van der Waals surface area contributed by atoms with Crippen molar-refractivity contribution in [3.05, 3.63) is 34.9 Å². The Kier molecular flexibility index (Phi) is 5.86. The summed E-state index contributed by atoms with van der Waals surface area (Å²) in [5.41, 5.74) is 1.24. The molecule has 1 aliphatic rings. The van der Waals surface area contributed by atoms with E-state index < -0.39 is 0 Å². The fraction of sp³-hybridized carbons (Fsp3) is 0.562. The lowest BCUT2D eigenvalue weighted by atomic mass is 10.2. The normalized spacial score (nSPS) is 16.4. The zero-order valence-electron chi connectivity index (χ0n) is 12.1. The Balaban J connectivity index is 1.78. The highest BCUT2D eigenvalue weighted by atomic mass is 35.5. The van der Waals surface area contributed by atoms with Crippen molar-refractivity contribution in [2.24, 2.45) is 0 Å². The Morgan fingerprint density at radius 2 is 2.00 bits per heavy atom. The molecular formula is C16H23ClN2O. The fourth-order valence-electron chi connectivity index (χ4n) is 2.54. The molecule has 1 aromatic carbocycles. The molecule has 0 aliphatic carbocycles. The number of piperazine rings is 1. The molecule has 0 N–H and O–H groups in total. The molecule has 0 spiro atoms. The van der Waals surface area contributed by atoms with Gasteiger partial charge in [-0.3, -0.25) is 9.69 Å². The van der Waals surface area contributed by atoms with Crippen LogP contribution in [0.4, 0.5) is 0 Å². The van der Waals surface area contributed by atoms with Gasteiger partial charge in [0.1, 0.15) is 0 Å². The summed E-state index contributed by atoms with van der Waals surface area (Å²) in [5, 5.41) is 0.788. The second-order valence-electron chi connectivity index (χ2n) is 5.39. The first-order valence-electron chi connectivity index (χ1n) is 7.43. The van der Waals surface area contributed by atoms with E-state index in [9.17, 15) is 4.79 Å². The number of unbranched alkanes of at least 4 members (excludes halogenated alkanes) is 1. The highest BCUT2D eigenvalue weighted by Crippen LogP contribution is 2.14. The van der Waals surface area contributed by atoms with E-state index in [0.717, 1.165) is 50.6 Å². The standard InChI is InChI=1S/C16H23ClN2O/c1-2-3-7-16(20)19-10-8-18(9-11-19)13-14-5-4-6-15(17)12-14/h4-6,12H,2-3,7-11,13H2,1H3. The Hall–Kier alpha value is -1.06. The van der Waals surface area contributed by atoms with Crippen molar-refractivity contribution in [3.63, 3.8) is 0 Å². The minimum atomic E-state index is 0.314. The third kappa shape index (κ3) is 4.50. The van der Waals surface area contributed by atoms with Crippen molar-refractivity contribution < 1.29 is 4.79 Å². The number of hydrogen-bond acceptors (Lipinski definition) is 2. The largest absolute Gasteiger partial charge is 0.340 e. The number of rotatable bonds is 5. The highest BCUT2D eigenvalue weighted by molar-refractivity contribution is 6.30. The van der Waals surface area contributed by atoms with Gasteiger partial charge in [-0.05, 0) is 24.1 Å². The van der Waals surface area contributed by atoms with Gasteiger partial charge in [-0.1, -0.05) is 37.1 Å². The van der Waals surface area contributed by atoms with Gasteiger partial charge in [0.15, 0.2) is 0 Å². The second kappa shape index (κ2) is 7.65. The number of carbonyl (C=O) groups is 1. The third-order valence-electron chi connectivity index (χ3n) is 3.76. The van der Waals surface area contributed by atoms with Crippen molar-refractivity contribution in [2.75, 3.05) is 26.2 Å². The number of amides is 1. The number of nitrogens with zero attached hydrogens (tertiary/aromatic N) is 2. The van der Waals surface area contributed by atoms with Crippen molar-refractivity contribution in [1.82, 2.24) is 9.80 Å². The van der Waals surface area contributed by atoms with Crippen LogP contribution in [-0.2, 0) is 11.3 Å². The Labute approximate surface area is 126 Å². The molecule has 0 aromatic heterocycles. The molecule has 1 saturated heterocycles. The van der Waals surface area contributed by atoms with Gasteiger partial charge in [0, 0.05) is 44.2 Å². The van der Waals surface area contributed by atoms with Crippen molar-refractivity contribution in [2.45, 2.75) is 32.7 Å². The fourth-order valence-corrected chi connectivity index (χ4v) is 2.75. The van der Waals surface area contributed by atoms with E-state index in [1.165, 1.54) is 5.56 Å². The molecule has 0 atom stereocenters. The van der Waals surface area contributed by atoms with Crippen molar-refractivity contribution in [3.8, 4) is 0 Å². The average Bonchev–Trinajstić information content (AvgIpc) is 2.45. The van der Waals surface area contributed by atoms with Crippen LogP contribution in [0.1, 0.15) is 31.7 Å². The smallest absolute Gasteiger partial charge is 0.222 e. The van der Waals surface area contributed by atoms with E-state index in [1.807, 2.05) is 23.1 Å². The van der Waals surface area contributed by atoms with Gasteiger partial charge in [0.2, 0.25) is 5.91 Å². The number of carbonyl (C=O) groups excluding carboxylic acids is 1. The maximum absolute atomic E-state index is 12.0. The predicted octanol–water partition coefficient (Wildman–Crippen LogP) is 3.17. The number of benzene rings is 1. The quantitative estimate of drug-likeness (QED) is 0.833. The van der Waals surface area contributed by atoms with Crippen molar-refractivity contribution >= 4 is 17.5 Å². The first-order valence-corrected chi connectivity index (χ1v) is 7.81. The van der Waals surface area contributed by atoms with E-state index >= 15 is 0 Å². The van der Waals surface area contributed by atoms with Gasteiger partial charge in [-0.25, -0.2) is 0 Å². The Morgan fingerprint density at radius 3 is 2.65 bits per heavy atom. The first-order chi connectivity index (χ1) is 9.69. The van der Waals surface area contributed by atoms with Crippen LogP contribution in [0.15, 0.2) is 24.3 Å². The van der Waals surface area contributed by atoms with Gasteiger partial charge < -0.3 is 4.90 Å². The zero-order chi connectivity index (χ0) is 14.4. The maximum Gasteiger partial charge on any atom is 0.222 e. The van der Waals surface area contributed by atoms with Gasteiger partial charge >= 0.3 is 0 Å². The molecule has 1 aromatic rings. The van der Waals surface area contributed by atoms with E-state index in [1.54, 1.807) is 0 Å². The first kappa shape index (κ1) is 15.3. The number of hydrogen-bond donors (Lipinski definition) is 0. The molecule has 1 aliphatic heterocycles. The van der Waals surface area contributed by atoms with Crippen LogP contribution in [0.3, 0.4) is 0 Å². The third-order valence-corrected chi connectivity index (χ3v) is 4.00. The summed E-state index contributed by atoms with van der Waals surface area (Å²) in [6.45, 7) is 6.63. The summed E-state index contributed by atoms with van der Waals surface area (Å²) in [6, 6.07) is 8.00. The van der Waals surface area contributed by atoms with Crippen LogP contribution < -0.4 is 0 Å². The average molecular weight is 295 g/mol. The molecule has 0 unspecified atom stereocenters. The summed E-state index contributed by atoms with van der Waals surface area (Å²) in [4.78, 5) is 16.3. The molecule has 0 bridgehead atoms. The monoisotopic (exact) mass is 294 g/mol.